The van der Waals surface area contributed by atoms with E-state index in [1.165, 1.54) is 0 Å². The van der Waals surface area contributed by atoms with E-state index >= 15 is 0 Å². The number of aliphatic carboxylic acids is 1. The molecule has 0 spiro atoms. The van der Waals surface area contributed by atoms with E-state index in [0.29, 0.717) is 19.5 Å². The molecule has 1 aliphatic rings. The van der Waals surface area contributed by atoms with Crippen LogP contribution in [-0.2, 0) is 4.79 Å². The second-order valence-corrected chi connectivity index (χ2v) is 4.39. The van der Waals surface area contributed by atoms with Crippen molar-refractivity contribution in [1.82, 2.24) is 10.2 Å². The standard InChI is InChI=1S/C11H20N2O4/c1-2-9(10(15)16)12-11(17)13-5-3-4-8(6-13)7-14/h8-9,14H,2-7H2,1H3,(H,12,17)(H,15,16)/t8?,9-/m1/s1. The first-order chi connectivity index (χ1) is 8.08. The molecule has 6 nitrogen and oxygen atoms in total. The third-order valence-electron chi connectivity index (χ3n) is 3.07. The lowest BCUT2D eigenvalue weighted by molar-refractivity contribution is -0.139. The normalized spacial score (nSPS) is 22.0. The summed E-state index contributed by atoms with van der Waals surface area (Å²) in [6.07, 6.45) is 2.12. The molecule has 1 rings (SSSR count). The van der Waals surface area contributed by atoms with Crippen molar-refractivity contribution in [3.05, 3.63) is 0 Å². The number of amides is 2. The van der Waals surface area contributed by atoms with E-state index in [1.807, 2.05) is 0 Å². The molecule has 0 aromatic rings. The van der Waals surface area contributed by atoms with Crippen molar-refractivity contribution in [1.29, 1.82) is 0 Å². The number of nitrogens with one attached hydrogen (secondary N) is 1. The van der Waals surface area contributed by atoms with Gasteiger partial charge in [0.2, 0.25) is 0 Å². The molecule has 1 unspecified atom stereocenters. The molecule has 0 aromatic heterocycles. The van der Waals surface area contributed by atoms with Crippen molar-refractivity contribution in [2.75, 3.05) is 19.7 Å². The number of hydrogen-bond acceptors (Lipinski definition) is 3. The third-order valence-corrected chi connectivity index (χ3v) is 3.07. The van der Waals surface area contributed by atoms with Gasteiger partial charge in [-0.3, -0.25) is 0 Å². The molecule has 1 heterocycles. The Labute approximate surface area is 101 Å². The zero-order chi connectivity index (χ0) is 12.8. The summed E-state index contributed by atoms with van der Waals surface area (Å²) in [6.45, 7) is 2.91. The monoisotopic (exact) mass is 244 g/mol. The fourth-order valence-electron chi connectivity index (χ4n) is 1.98. The number of carbonyl (C=O) groups excluding carboxylic acids is 1. The van der Waals surface area contributed by atoms with E-state index in [1.54, 1.807) is 11.8 Å². The molecule has 1 fully saturated rings. The molecule has 1 aliphatic heterocycles. The number of piperidine rings is 1. The van der Waals surface area contributed by atoms with Crippen molar-refractivity contribution < 1.29 is 19.8 Å². The number of aliphatic hydroxyl groups is 1. The lowest BCUT2D eigenvalue weighted by Crippen LogP contribution is -2.51. The van der Waals surface area contributed by atoms with Crippen LogP contribution in [0.2, 0.25) is 0 Å². The molecule has 3 N–H and O–H groups in total. The number of carboxylic acids is 1. The van der Waals surface area contributed by atoms with Gasteiger partial charge in [-0.05, 0) is 25.2 Å². The highest BCUT2D eigenvalue weighted by Gasteiger charge is 2.26. The Morgan fingerprint density at radius 3 is 2.76 bits per heavy atom. The largest absolute Gasteiger partial charge is 0.480 e. The summed E-state index contributed by atoms with van der Waals surface area (Å²) < 4.78 is 0. The van der Waals surface area contributed by atoms with Crippen LogP contribution < -0.4 is 5.32 Å². The Hall–Kier alpha value is -1.30. The SMILES string of the molecule is CC[C@@H](NC(=O)N1CCCC(CO)C1)C(=O)O. The van der Waals surface area contributed by atoms with Gasteiger partial charge in [-0.25, -0.2) is 9.59 Å². The fourth-order valence-corrected chi connectivity index (χ4v) is 1.98. The average Bonchev–Trinajstić information content (AvgIpc) is 2.35. The van der Waals surface area contributed by atoms with Crippen LogP contribution in [0.3, 0.4) is 0 Å². The predicted molar refractivity (Wildman–Crippen MR) is 61.6 cm³/mol. The highest BCUT2D eigenvalue weighted by Crippen LogP contribution is 2.15. The van der Waals surface area contributed by atoms with Gasteiger partial charge in [-0.15, -0.1) is 0 Å². The minimum absolute atomic E-state index is 0.0694. The zero-order valence-corrected chi connectivity index (χ0v) is 10.1. The Bertz CT molecular complexity index is 283. The third kappa shape index (κ3) is 3.89. The van der Waals surface area contributed by atoms with E-state index in [-0.39, 0.29) is 18.6 Å². The molecule has 1 saturated heterocycles. The van der Waals surface area contributed by atoms with Gasteiger partial charge >= 0.3 is 12.0 Å². The minimum Gasteiger partial charge on any atom is -0.480 e. The molecule has 98 valence electrons. The average molecular weight is 244 g/mol. The number of hydrogen-bond donors (Lipinski definition) is 3. The topological polar surface area (TPSA) is 89.9 Å². The van der Waals surface area contributed by atoms with Crippen LogP contribution in [0.1, 0.15) is 26.2 Å². The molecular formula is C11H20N2O4. The number of urea groups is 1. The minimum atomic E-state index is -1.02. The van der Waals surface area contributed by atoms with Gasteiger partial charge in [0.15, 0.2) is 0 Å². The maximum Gasteiger partial charge on any atom is 0.326 e. The van der Waals surface area contributed by atoms with Crippen molar-refractivity contribution in [3.8, 4) is 0 Å². The molecule has 0 aliphatic carbocycles. The molecule has 0 saturated carbocycles. The summed E-state index contributed by atoms with van der Waals surface area (Å²) in [6, 6.07) is -1.19. The number of nitrogens with zero attached hydrogens (tertiary/aromatic N) is 1. The number of likely N-dealkylation sites (tertiary alicyclic amines) is 1. The number of rotatable bonds is 4. The van der Waals surface area contributed by atoms with Gasteiger partial charge < -0.3 is 20.4 Å². The van der Waals surface area contributed by atoms with Crippen LogP contribution in [0, 0.1) is 5.92 Å². The van der Waals surface area contributed by atoms with Gasteiger partial charge in [-0.2, -0.15) is 0 Å². The summed E-state index contributed by atoms with van der Waals surface area (Å²) >= 11 is 0. The molecule has 6 heteroatoms. The van der Waals surface area contributed by atoms with Crippen molar-refractivity contribution >= 4 is 12.0 Å². The smallest absolute Gasteiger partial charge is 0.326 e. The van der Waals surface area contributed by atoms with E-state index < -0.39 is 12.0 Å². The molecule has 0 aromatic carbocycles. The van der Waals surface area contributed by atoms with Crippen molar-refractivity contribution in [2.24, 2.45) is 5.92 Å². The highest BCUT2D eigenvalue weighted by atomic mass is 16.4. The van der Waals surface area contributed by atoms with Crippen LogP contribution in [0.15, 0.2) is 0 Å². The Kier molecular flexibility index (Phi) is 5.21. The van der Waals surface area contributed by atoms with E-state index in [4.69, 9.17) is 10.2 Å². The van der Waals surface area contributed by atoms with Crippen LogP contribution in [0.25, 0.3) is 0 Å². The summed E-state index contributed by atoms with van der Waals surface area (Å²) in [5, 5.41) is 20.4. The molecule has 17 heavy (non-hydrogen) atoms. The summed E-state index contributed by atoms with van der Waals surface area (Å²) in [5.41, 5.74) is 0. The van der Waals surface area contributed by atoms with E-state index in [9.17, 15) is 9.59 Å². The van der Waals surface area contributed by atoms with E-state index in [0.717, 1.165) is 12.8 Å². The first-order valence-corrected chi connectivity index (χ1v) is 5.97. The molecule has 0 bridgehead atoms. The summed E-state index contributed by atoms with van der Waals surface area (Å²) in [4.78, 5) is 24.2. The highest BCUT2D eigenvalue weighted by molar-refractivity contribution is 5.82. The van der Waals surface area contributed by atoms with Gasteiger partial charge in [-0.1, -0.05) is 6.92 Å². The maximum atomic E-state index is 11.8. The molecule has 2 amide bonds. The Morgan fingerprint density at radius 2 is 2.24 bits per heavy atom. The number of carboxylic acid groups (broad SMARTS) is 1. The summed E-state index contributed by atoms with van der Waals surface area (Å²) in [7, 11) is 0. The second kappa shape index (κ2) is 6.44. The molecule has 2 atom stereocenters. The van der Waals surface area contributed by atoms with Crippen LogP contribution >= 0.6 is 0 Å². The van der Waals surface area contributed by atoms with Crippen molar-refractivity contribution in [2.45, 2.75) is 32.2 Å². The summed E-state index contributed by atoms with van der Waals surface area (Å²) in [5.74, 6) is -0.907. The Morgan fingerprint density at radius 1 is 1.53 bits per heavy atom. The van der Waals surface area contributed by atoms with E-state index in [2.05, 4.69) is 5.32 Å². The fraction of sp³-hybridized carbons (Fsp3) is 0.818. The molecule has 0 radical (unpaired) electrons. The lowest BCUT2D eigenvalue weighted by atomic mass is 9.99. The zero-order valence-electron chi connectivity index (χ0n) is 10.1. The van der Waals surface area contributed by atoms with Crippen LogP contribution in [-0.4, -0.2) is 52.9 Å². The van der Waals surface area contributed by atoms with Crippen molar-refractivity contribution in [3.63, 3.8) is 0 Å². The quantitative estimate of drug-likeness (QED) is 0.662. The van der Waals surface area contributed by atoms with Crippen LogP contribution in [0.5, 0.6) is 0 Å². The van der Waals surface area contributed by atoms with Gasteiger partial charge in [0.1, 0.15) is 6.04 Å². The van der Waals surface area contributed by atoms with Gasteiger partial charge in [0.05, 0.1) is 0 Å². The molecular weight excluding hydrogens is 224 g/mol. The second-order valence-electron chi connectivity index (χ2n) is 4.39. The number of carbonyl (C=O) groups is 2. The number of aliphatic hydroxyl groups excluding tert-OH is 1. The first-order valence-electron chi connectivity index (χ1n) is 5.97. The Balaban J connectivity index is 2.48. The lowest BCUT2D eigenvalue weighted by Gasteiger charge is -2.32. The van der Waals surface area contributed by atoms with Gasteiger partial charge in [0.25, 0.3) is 0 Å². The van der Waals surface area contributed by atoms with Crippen LogP contribution in [0.4, 0.5) is 4.79 Å². The maximum absolute atomic E-state index is 11.8. The predicted octanol–water partition coefficient (Wildman–Crippen LogP) is 0.263. The van der Waals surface area contributed by atoms with Gasteiger partial charge in [0, 0.05) is 19.7 Å². The first kappa shape index (κ1) is 13.8.